The summed E-state index contributed by atoms with van der Waals surface area (Å²) in [7, 11) is 1.50. The van der Waals surface area contributed by atoms with Crippen LogP contribution in [-0.2, 0) is 14.3 Å². The predicted octanol–water partition coefficient (Wildman–Crippen LogP) is 1.05. The smallest absolute Gasteiger partial charge is 0.415 e. The highest BCUT2D eigenvalue weighted by molar-refractivity contribution is 5.88. The van der Waals surface area contributed by atoms with Crippen LogP contribution in [0.25, 0.3) is 0 Å². The highest BCUT2D eigenvalue weighted by Gasteiger charge is 2.33. The average Bonchev–Trinajstić information content (AvgIpc) is 3.15. The van der Waals surface area contributed by atoms with Crippen LogP contribution >= 0.6 is 0 Å². The molecule has 0 spiro atoms. The van der Waals surface area contributed by atoms with Crippen molar-refractivity contribution in [2.24, 2.45) is 0 Å². The van der Waals surface area contributed by atoms with E-state index in [1.807, 2.05) is 6.92 Å². The SMILES string of the molecule is COCC(=O)N1CCCC1c1nc(C)cc(N2CCOC2=O)n1. The molecule has 124 valence electrons. The lowest BCUT2D eigenvalue weighted by Gasteiger charge is -2.24. The van der Waals surface area contributed by atoms with Crippen molar-refractivity contribution >= 4 is 17.8 Å². The first-order valence-electron chi connectivity index (χ1n) is 7.68. The molecule has 2 saturated heterocycles. The van der Waals surface area contributed by atoms with Crippen molar-refractivity contribution in [3.63, 3.8) is 0 Å². The van der Waals surface area contributed by atoms with E-state index in [0.717, 1.165) is 18.5 Å². The number of anilines is 1. The Morgan fingerprint density at radius 1 is 1.43 bits per heavy atom. The second kappa shape index (κ2) is 6.49. The zero-order valence-electron chi connectivity index (χ0n) is 13.3. The number of cyclic esters (lactones) is 1. The summed E-state index contributed by atoms with van der Waals surface area (Å²) in [5.74, 6) is 1.03. The summed E-state index contributed by atoms with van der Waals surface area (Å²) in [5.41, 5.74) is 0.760. The van der Waals surface area contributed by atoms with E-state index in [1.165, 1.54) is 12.0 Å². The van der Waals surface area contributed by atoms with Crippen LogP contribution < -0.4 is 4.90 Å². The molecule has 8 nitrogen and oxygen atoms in total. The summed E-state index contributed by atoms with van der Waals surface area (Å²) in [6.07, 6.45) is 1.31. The van der Waals surface area contributed by atoms with Crippen molar-refractivity contribution in [1.82, 2.24) is 14.9 Å². The second-order valence-corrected chi connectivity index (χ2v) is 5.67. The molecule has 0 aromatic carbocycles. The Labute approximate surface area is 134 Å². The van der Waals surface area contributed by atoms with Gasteiger partial charge in [0.2, 0.25) is 5.91 Å². The topological polar surface area (TPSA) is 84.9 Å². The van der Waals surface area contributed by atoms with E-state index in [4.69, 9.17) is 9.47 Å². The van der Waals surface area contributed by atoms with Crippen LogP contribution in [0.3, 0.4) is 0 Å². The molecule has 8 heteroatoms. The van der Waals surface area contributed by atoms with Crippen molar-refractivity contribution in [1.29, 1.82) is 0 Å². The Hall–Kier alpha value is -2.22. The van der Waals surface area contributed by atoms with E-state index >= 15 is 0 Å². The normalized spacial score (nSPS) is 21.0. The van der Waals surface area contributed by atoms with Gasteiger partial charge in [-0.15, -0.1) is 0 Å². The molecule has 2 aliphatic heterocycles. The van der Waals surface area contributed by atoms with Crippen molar-refractivity contribution in [2.45, 2.75) is 25.8 Å². The molecular formula is C15H20N4O4. The second-order valence-electron chi connectivity index (χ2n) is 5.67. The van der Waals surface area contributed by atoms with Gasteiger partial charge in [0.05, 0.1) is 12.6 Å². The molecule has 3 heterocycles. The van der Waals surface area contributed by atoms with Crippen molar-refractivity contribution in [3.8, 4) is 0 Å². The third-order valence-electron chi connectivity index (χ3n) is 4.03. The fourth-order valence-corrected chi connectivity index (χ4v) is 3.00. The standard InChI is InChI=1S/C15H20N4O4/c1-10-8-12(19-6-7-23-15(19)21)17-14(16-10)11-4-3-5-18(11)13(20)9-22-2/h8,11H,3-7,9H2,1-2H3. The minimum Gasteiger partial charge on any atom is -0.447 e. The summed E-state index contributed by atoms with van der Waals surface area (Å²) in [5, 5.41) is 0. The lowest BCUT2D eigenvalue weighted by molar-refractivity contribution is -0.136. The molecule has 1 aromatic heterocycles. The van der Waals surface area contributed by atoms with E-state index < -0.39 is 6.09 Å². The van der Waals surface area contributed by atoms with Crippen LogP contribution in [0.2, 0.25) is 0 Å². The van der Waals surface area contributed by atoms with Gasteiger partial charge in [-0.2, -0.15) is 0 Å². The maximum absolute atomic E-state index is 12.2. The van der Waals surface area contributed by atoms with Gasteiger partial charge in [0.1, 0.15) is 19.0 Å². The van der Waals surface area contributed by atoms with Gasteiger partial charge >= 0.3 is 6.09 Å². The number of methoxy groups -OCH3 is 1. The first-order valence-corrected chi connectivity index (χ1v) is 7.68. The van der Waals surface area contributed by atoms with Gasteiger partial charge in [-0.1, -0.05) is 0 Å². The van der Waals surface area contributed by atoms with Crippen molar-refractivity contribution < 1.29 is 19.1 Å². The van der Waals surface area contributed by atoms with Gasteiger partial charge in [0.25, 0.3) is 0 Å². The van der Waals surface area contributed by atoms with Crippen LogP contribution in [0.15, 0.2) is 6.07 Å². The zero-order chi connectivity index (χ0) is 16.4. The molecular weight excluding hydrogens is 300 g/mol. The van der Waals surface area contributed by atoms with Crippen LogP contribution in [0.1, 0.15) is 30.4 Å². The Kier molecular flexibility index (Phi) is 4.42. The monoisotopic (exact) mass is 320 g/mol. The Morgan fingerprint density at radius 3 is 2.96 bits per heavy atom. The third kappa shape index (κ3) is 3.12. The molecule has 0 bridgehead atoms. The van der Waals surface area contributed by atoms with E-state index in [2.05, 4.69) is 9.97 Å². The number of likely N-dealkylation sites (tertiary alicyclic amines) is 1. The summed E-state index contributed by atoms with van der Waals surface area (Å²) in [4.78, 5) is 36.2. The maximum atomic E-state index is 12.2. The van der Waals surface area contributed by atoms with Crippen LogP contribution in [0.5, 0.6) is 0 Å². The predicted molar refractivity (Wildman–Crippen MR) is 81.0 cm³/mol. The van der Waals surface area contributed by atoms with Gasteiger partial charge in [-0.05, 0) is 19.8 Å². The van der Waals surface area contributed by atoms with Gasteiger partial charge < -0.3 is 14.4 Å². The number of nitrogens with zero attached hydrogens (tertiary/aromatic N) is 4. The highest BCUT2D eigenvalue weighted by Crippen LogP contribution is 2.31. The van der Waals surface area contributed by atoms with E-state index in [1.54, 1.807) is 11.0 Å². The molecule has 1 unspecified atom stereocenters. The molecule has 1 aromatic rings. The van der Waals surface area contributed by atoms with Crippen molar-refractivity contribution in [3.05, 3.63) is 17.6 Å². The largest absolute Gasteiger partial charge is 0.447 e. The molecule has 2 amide bonds. The molecule has 2 fully saturated rings. The fourth-order valence-electron chi connectivity index (χ4n) is 3.00. The highest BCUT2D eigenvalue weighted by atomic mass is 16.6. The lowest BCUT2D eigenvalue weighted by Crippen LogP contribution is -2.34. The molecule has 0 radical (unpaired) electrons. The summed E-state index contributed by atoms with van der Waals surface area (Å²) in [6, 6.07) is 1.58. The minimum atomic E-state index is -0.396. The number of aromatic nitrogens is 2. The van der Waals surface area contributed by atoms with Gasteiger partial charge in [0.15, 0.2) is 5.82 Å². The van der Waals surface area contributed by atoms with Crippen LogP contribution in [0.4, 0.5) is 10.6 Å². The Morgan fingerprint density at radius 2 is 2.26 bits per heavy atom. The van der Waals surface area contributed by atoms with Crippen LogP contribution in [0, 0.1) is 6.92 Å². The molecule has 1 atom stereocenters. The number of ether oxygens (including phenoxy) is 2. The fraction of sp³-hybridized carbons (Fsp3) is 0.600. The Balaban J connectivity index is 1.88. The number of carbonyl (C=O) groups is 2. The van der Waals surface area contributed by atoms with E-state index in [-0.39, 0.29) is 18.6 Å². The number of amides is 2. The molecule has 0 N–H and O–H groups in total. The molecule has 0 aliphatic carbocycles. The van der Waals surface area contributed by atoms with Gasteiger partial charge in [0, 0.05) is 25.4 Å². The Bertz CT molecular complexity index is 621. The van der Waals surface area contributed by atoms with Crippen molar-refractivity contribution in [2.75, 3.05) is 38.3 Å². The molecule has 0 saturated carbocycles. The van der Waals surface area contributed by atoms with Gasteiger partial charge in [-0.25, -0.2) is 14.8 Å². The number of carbonyl (C=O) groups excluding carboxylic acids is 2. The molecule has 2 aliphatic rings. The zero-order valence-corrected chi connectivity index (χ0v) is 13.3. The first kappa shape index (κ1) is 15.7. The third-order valence-corrected chi connectivity index (χ3v) is 4.03. The van der Waals surface area contributed by atoms with E-state index in [9.17, 15) is 9.59 Å². The average molecular weight is 320 g/mol. The quantitative estimate of drug-likeness (QED) is 0.824. The number of hydrogen-bond acceptors (Lipinski definition) is 6. The lowest BCUT2D eigenvalue weighted by atomic mass is 10.2. The maximum Gasteiger partial charge on any atom is 0.415 e. The molecule has 23 heavy (non-hydrogen) atoms. The first-order chi connectivity index (χ1) is 11.1. The number of rotatable bonds is 4. The van der Waals surface area contributed by atoms with Gasteiger partial charge in [-0.3, -0.25) is 9.69 Å². The van der Waals surface area contributed by atoms with Crippen LogP contribution in [-0.4, -0.2) is 60.3 Å². The number of aryl methyl sites for hydroxylation is 1. The summed E-state index contributed by atoms with van der Waals surface area (Å²) < 4.78 is 9.90. The summed E-state index contributed by atoms with van der Waals surface area (Å²) >= 11 is 0. The van der Waals surface area contributed by atoms with E-state index in [0.29, 0.717) is 31.3 Å². The minimum absolute atomic E-state index is 0.0492. The molecule has 3 rings (SSSR count). The summed E-state index contributed by atoms with van der Waals surface area (Å²) in [6.45, 7) is 3.41. The number of hydrogen-bond donors (Lipinski definition) is 0.